The maximum Gasteiger partial charge on any atom is 0.189 e. The molecule has 4 aliphatic heterocycles. The van der Waals surface area contributed by atoms with Crippen LogP contribution in [0.4, 0.5) is 20.2 Å². The molecule has 6 heterocycles. The number of para-hydroxylation sites is 2. The van der Waals surface area contributed by atoms with Crippen molar-refractivity contribution in [3.05, 3.63) is 160 Å². The molecule has 4 aliphatic rings. The number of ether oxygens (including phenoxy) is 4. The molecular weight excluding hydrogens is 811 g/mol. The van der Waals surface area contributed by atoms with E-state index in [1.165, 1.54) is 42.9 Å². The van der Waals surface area contributed by atoms with Crippen LogP contribution in [0.5, 0.6) is 23.0 Å². The van der Waals surface area contributed by atoms with Gasteiger partial charge in [-0.2, -0.15) is 9.46 Å². The lowest BCUT2D eigenvalue weighted by atomic mass is 10.1. The van der Waals surface area contributed by atoms with Gasteiger partial charge in [0.2, 0.25) is 0 Å². The number of hydrogen-bond donors (Lipinski definition) is 0. The molecule has 10 rings (SSSR count). The van der Waals surface area contributed by atoms with Crippen molar-refractivity contribution in [1.29, 1.82) is 0 Å². The molecule has 2 aromatic heterocycles. The van der Waals surface area contributed by atoms with E-state index in [1.54, 1.807) is 30.5 Å². The van der Waals surface area contributed by atoms with Crippen molar-refractivity contribution in [3.63, 3.8) is 0 Å². The third kappa shape index (κ3) is 9.86. The molecule has 13 nitrogen and oxygen atoms in total. The maximum atomic E-state index is 13.5. The molecule has 6 aromatic rings. The van der Waals surface area contributed by atoms with Crippen LogP contribution in [0.2, 0.25) is 0 Å². The van der Waals surface area contributed by atoms with Gasteiger partial charge in [-0.05, 0) is 71.8 Å². The highest BCUT2D eigenvalue weighted by molar-refractivity contribution is 5.67. The Balaban J connectivity index is 0.000000160. The Labute approximate surface area is 364 Å². The average Bonchev–Trinajstić information content (AvgIpc) is 3.29. The fraction of sp³-hybridized carbons (Fsp3) is 0.292. The number of nitrogens with zero attached hydrogens (tertiary/aromatic N) is 6. The largest absolute Gasteiger partial charge is 0.632 e. The Bertz CT molecular complexity index is 2530. The quantitative estimate of drug-likeness (QED) is 0.0959. The predicted molar refractivity (Wildman–Crippen MR) is 233 cm³/mol. The van der Waals surface area contributed by atoms with Gasteiger partial charge in [0.15, 0.2) is 47.8 Å². The van der Waals surface area contributed by atoms with Gasteiger partial charge in [-0.3, -0.25) is 4.90 Å². The average molecular weight is 859 g/mol. The van der Waals surface area contributed by atoms with Gasteiger partial charge in [-0.1, -0.05) is 36.4 Å². The molecule has 326 valence electrons. The van der Waals surface area contributed by atoms with Gasteiger partial charge >= 0.3 is 0 Å². The lowest BCUT2D eigenvalue weighted by Gasteiger charge is -2.48. The Hall–Kier alpha value is -6.68. The molecule has 0 amide bonds. The molecule has 0 atom stereocenters. The summed E-state index contributed by atoms with van der Waals surface area (Å²) in [6.45, 7) is 8.55. The van der Waals surface area contributed by atoms with Crippen LogP contribution in [0.25, 0.3) is 22.3 Å². The van der Waals surface area contributed by atoms with Crippen LogP contribution in [-0.4, -0.2) is 88.3 Å². The van der Waals surface area contributed by atoms with Crippen LogP contribution in [0.3, 0.4) is 0 Å². The minimum absolute atomic E-state index is 0.206. The van der Waals surface area contributed by atoms with Crippen molar-refractivity contribution in [2.24, 2.45) is 0 Å². The zero-order chi connectivity index (χ0) is 43.3. The standard InChI is InChI=1S/C24H24FN3O4.C24H24FN3O3/c25-21-6-4-19(5-7-21)20-14-18(15-27(29)16-20)17-28(30)10-8-26(9-11-28)22-2-1-3-23-24(22)32-13-12-31-23;25-21-6-4-19(5-7-21)20-14-18(16-28(29)17-20)15-26-8-10-27(11-9-26)22-2-1-3-23-24(22)31-13-12-30-23/h1-7,14-16H,8-13,17H2;1-7,14,16-17H,8-13,15H2. The van der Waals surface area contributed by atoms with Crippen molar-refractivity contribution >= 4 is 11.4 Å². The number of piperazine rings is 2. The molecule has 63 heavy (non-hydrogen) atoms. The van der Waals surface area contributed by atoms with Crippen molar-refractivity contribution in [2.75, 3.05) is 88.6 Å². The summed E-state index contributed by atoms with van der Waals surface area (Å²) < 4.78 is 50.7. The molecule has 0 bridgehead atoms. The van der Waals surface area contributed by atoms with Crippen molar-refractivity contribution in [3.8, 4) is 45.3 Å². The Morgan fingerprint density at radius 1 is 0.524 bits per heavy atom. The van der Waals surface area contributed by atoms with Crippen LogP contribution >= 0.6 is 0 Å². The Kier molecular flexibility index (Phi) is 12.1. The van der Waals surface area contributed by atoms with Gasteiger partial charge in [-0.15, -0.1) is 0 Å². The normalized spacial score (nSPS) is 16.8. The van der Waals surface area contributed by atoms with Crippen molar-refractivity contribution in [2.45, 2.75) is 13.1 Å². The van der Waals surface area contributed by atoms with E-state index >= 15 is 0 Å². The summed E-state index contributed by atoms with van der Waals surface area (Å²) in [6.07, 6.45) is 6.01. The van der Waals surface area contributed by atoms with E-state index in [4.69, 9.17) is 18.9 Å². The minimum atomic E-state index is -0.407. The summed E-state index contributed by atoms with van der Waals surface area (Å²) in [5.41, 5.74) is 6.65. The summed E-state index contributed by atoms with van der Waals surface area (Å²) in [6, 6.07) is 27.9. The molecular formula is C48H48F2N6O7. The van der Waals surface area contributed by atoms with E-state index in [0.717, 1.165) is 87.5 Å². The molecule has 2 saturated heterocycles. The second-order valence-corrected chi connectivity index (χ2v) is 16.1. The first-order valence-corrected chi connectivity index (χ1v) is 21.2. The second-order valence-electron chi connectivity index (χ2n) is 16.1. The number of anilines is 2. The number of hydroxylamine groups is 3. The van der Waals surface area contributed by atoms with E-state index in [-0.39, 0.29) is 18.2 Å². The predicted octanol–water partition coefficient (Wildman–Crippen LogP) is 6.45. The second kappa shape index (κ2) is 18.3. The summed E-state index contributed by atoms with van der Waals surface area (Å²) in [4.78, 5) is 6.82. The molecule has 2 fully saturated rings. The fourth-order valence-electron chi connectivity index (χ4n) is 8.58. The first kappa shape index (κ1) is 41.7. The van der Waals surface area contributed by atoms with E-state index in [1.807, 2.05) is 42.5 Å². The zero-order valence-electron chi connectivity index (χ0n) is 34.7. The Morgan fingerprint density at radius 3 is 1.51 bits per heavy atom. The van der Waals surface area contributed by atoms with Crippen LogP contribution in [-0.2, 0) is 13.1 Å². The first-order valence-electron chi connectivity index (χ1n) is 21.2. The first-order chi connectivity index (χ1) is 30.6. The Morgan fingerprint density at radius 2 is 0.984 bits per heavy atom. The summed E-state index contributed by atoms with van der Waals surface area (Å²) in [5.74, 6) is 2.50. The highest BCUT2D eigenvalue weighted by Gasteiger charge is 2.30. The SMILES string of the molecule is [O-][n+]1cc(CN2CCN(c3cccc4c3OCCO4)CC2)cc(-c2ccc(F)cc2)c1.[O-][n+]1cc(C[N+]2([O-])CCN(c3cccc4c3OCCO4)CC2)cc(-c2ccc(F)cc2)c1. The number of halogens is 2. The van der Waals surface area contributed by atoms with Gasteiger partial charge in [0.25, 0.3) is 0 Å². The summed E-state index contributed by atoms with van der Waals surface area (Å²) in [5, 5.41) is 37.8. The monoisotopic (exact) mass is 858 g/mol. The van der Waals surface area contributed by atoms with Crippen LogP contribution in [0, 0.1) is 27.3 Å². The number of rotatable bonds is 8. The highest BCUT2D eigenvalue weighted by atomic mass is 19.1. The van der Waals surface area contributed by atoms with Gasteiger partial charge in [0, 0.05) is 49.4 Å². The number of benzene rings is 4. The van der Waals surface area contributed by atoms with Crippen LogP contribution < -0.4 is 38.2 Å². The van der Waals surface area contributed by atoms with Gasteiger partial charge < -0.3 is 49.0 Å². The number of aromatic nitrogens is 2. The third-order valence-electron chi connectivity index (χ3n) is 11.7. The van der Waals surface area contributed by atoms with Gasteiger partial charge in [0.05, 0.1) is 43.1 Å². The molecule has 15 heteroatoms. The lowest BCUT2D eigenvalue weighted by molar-refractivity contribution is -0.894. The fourth-order valence-corrected chi connectivity index (χ4v) is 8.58. The van der Waals surface area contributed by atoms with E-state index < -0.39 is 4.65 Å². The minimum Gasteiger partial charge on any atom is -0.632 e. The summed E-state index contributed by atoms with van der Waals surface area (Å²) >= 11 is 0. The summed E-state index contributed by atoms with van der Waals surface area (Å²) in [7, 11) is 0. The van der Waals surface area contributed by atoms with E-state index in [9.17, 15) is 24.4 Å². The number of pyridine rings is 2. The van der Waals surface area contributed by atoms with E-state index in [2.05, 4.69) is 20.8 Å². The number of hydrogen-bond acceptors (Lipinski definition) is 10. The maximum absolute atomic E-state index is 13.5. The van der Waals surface area contributed by atoms with Gasteiger partial charge in [-0.25, -0.2) is 8.78 Å². The van der Waals surface area contributed by atoms with Crippen molar-refractivity contribution < 1.29 is 41.8 Å². The number of quaternary nitrogens is 1. The highest BCUT2D eigenvalue weighted by Crippen LogP contribution is 2.41. The third-order valence-corrected chi connectivity index (χ3v) is 11.7. The molecule has 0 N–H and O–H groups in total. The molecule has 4 aromatic carbocycles. The molecule has 0 spiro atoms. The smallest absolute Gasteiger partial charge is 0.189 e. The zero-order valence-corrected chi connectivity index (χ0v) is 34.7. The molecule has 0 unspecified atom stereocenters. The van der Waals surface area contributed by atoms with E-state index in [0.29, 0.717) is 75.0 Å². The van der Waals surface area contributed by atoms with Crippen LogP contribution in [0.1, 0.15) is 11.1 Å². The van der Waals surface area contributed by atoms with Crippen molar-refractivity contribution in [1.82, 2.24) is 4.90 Å². The molecule has 0 radical (unpaired) electrons. The lowest BCUT2D eigenvalue weighted by Crippen LogP contribution is -2.55. The van der Waals surface area contributed by atoms with Gasteiger partial charge in [0.1, 0.15) is 44.6 Å². The topological polar surface area (TPSA) is 124 Å². The molecule has 0 aliphatic carbocycles. The molecule has 0 saturated carbocycles. The number of fused-ring (bicyclic) bond motifs is 2. The van der Waals surface area contributed by atoms with Crippen LogP contribution in [0.15, 0.2) is 122 Å².